The molecule has 1 aliphatic rings. The number of carbonyl (C=O) groups excluding carboxylic acids is 1. The summed E-state index contributed by atoms with van der Waals surface area (Å²) in [6.45, 7) is 13.0. The van der Waals surface area contributed by atoms with Crippen LogP contribution in [0.3, 0.4) is 0 Å². The normalized spacial score (nSPS) is 24.8. The van der Waals surface area contributed by atoms with Gasteiger partial charge in [0.15, 0.2) is 0 Å². The van der Waals surface area contributed by atoms with Crippen molar-refractivity contribution < 1.29 is 14.5 Å². The molecule has 0 saturated heterocycles. The molecule has 0 bridgehead atoms. The molecular weight excluding hydrogens is 400 g/mol. The lowest BCUT2D eigenvalue weighted by molar-refractivity contribution is -0.296. The van der Waals surface area contributed by atoms with Gasteiger partial charge in [-0.15, -0.1) is 0 Å². The molecule has 0 fully saturated rings. The summed E-state index contributed by atoms with van der Waals surface area (Å²) in [7, 11) is 0. The smallest absolute Gasteiger partial charge is 0.338 e. The molecule has 0 amide bonds. The first kappa shape index (κ1) is 24.0. The van der Waals surface area contributed by atoms with Gasteiger partial charge in [0.1, 0.15) is 6.10 Å². The molecule has 0 radical (unpaired) electrons. The van der Waals surface area contributed by atoms with Crippen molar-refractivity contribution >= 4 is 5.97 Å². The molecular formula is C27H36N2O3. The number of hydrogen-bond acceptors (Lipinski definition) is 5. The number of benzene rings is 2. The van der Waals surface area contributed by atoms with E-state index < -0.39 is 5.97 Å². The Labute approximate surface area is 192 Å². The average Bonchev–Trinajstić information content (AvgIpc) is 2.84. The minimum absolute atomic E-state index is 0.0776. The van der Waals surface area contributed by atoms with Crippen LogP contribution in [0, 0.1) is 0 Å². The predicted molar refractivity (Wildman–Crippen MR) is 127 cm³/mol. The Hall–Kier alpha value is -2.63. The van der Waals surface area contributed by atoms with Gasteiger partial charge in [-0.3, -0.25) is 4.84 Å². The Morgan fingerprint density at radius 3 is 2.19 bits per heavy atom. The summed E-state index contributed by atoms with van der Waals surface area (Å²) in [4.78, 5) is 24.6. The van der Waals surface area contributed by atoms with Crippen molar-refractivity contribution in [3.63, 3.8) is 0 Å². The van der Waals surface area contributed by atoms with Crippen LogP contribution in [-0.4, -0.2) is 22.1 Å². The number of nitrogens with zero attached hydrogens (tertiary/aromatic N) is 1. The van der Waals surface area contributed by atoms with Gasteiger partial charge in [-0.1, -0.05) is 62.4 Å². The van der Waals surface area contributed by atoms with E-state index in [-0.39, 0.29) is 17.2 Å². The molecule has 0 aromatic heterocycles. The van der Waals surface area contributed by atoms with Crippen molar-refractivity contribution in [1.29, 1.82) is 0 Å². The first-order chi connectivity index (χ1) is 15.2. The first-order valence-corrected chi connectivity index (χ1v) is 11.5. The third-order valence-corrected chi connectivity index (χ3v) is 7.02. The minimum atomic E-state index is -0.390. The molecule has 2 aromatic rings. The topological polar surface area (TPSA) is 50.8 Å². The second-order valence-electron chi connectivity index (χ2n) is 9.07. The lowest BCUT2D eigenvalue weighted by atomic mass is 9.76. The van der Waals surface area contributed by atoms with E-state index in [4.69, 9.17) is 9.68 Å². The van der Waals surface area contributed by atoms with Crippen LogP contribution in [0.15, 0.2) is 71.9 Å². The zero-order valence-corrected chi connectivity index (χ0v) is 20.1. The lowest BCUT2D eigenvalue weighted by Crippen LogP contribution is -2.62. The Kier molecular flexibility index (Phi) is 7.42. The Bertz CT molecular complexity index is 944. The van der Waals surface area contributed by atoms with Crippen LogP contribution in [0.25, 0.3) is 0 Å². The Morgan fingerprint density at radius 1 is 1.03 bits per heavy atom. The number of rotatable bonds is 8. The second kappa shape index (κ2) is 9.88. The summed E-state index contributed by atoms with van der Waals surface area (Å²) >= 11 is 0. The number of nitrogens with one attached hydrogen (secondary N) is 1. The van der Waals surface area contributed by atoms with Gasteiger partial charge in [-0.05, 0) is 63.8 Å². The van der Waals surface area contributed by atoms with E-state index >= 15 is 0 Å². The van der Waals surface area contributed by atoms with E-state index in [0.29, 0.717) is 12.0 Å². The van der Waals surface area contributed by atoms with Gasteiger partial charge >= 0.3 is 5.97 Å². The maximum Gasteiger partial charge on any atom is 0.362 e. The molecule has 3 rings (SSSR count). The van der Waals surface area contributed by atoms with Gasteiger partial charge in [0.25, 0.3) is 0 Å². The van der Waals surface area contributed by atoms with Crippen molar-refractivity contribution in [3.05, 3.63) is 83.1 Å². The van der Waals surface area contributed by atoms with Crippen LogP contribution in [0.1, 0.15) is 82.8 Å². The summed E-state index contributed by atoms with van der Waals surface area (Å²) in [5, 5.41) is 2.19. The van der Waals surface area contributed by atoms with Crippen LogP contribution in [-0.2, 0) is 9.68 Å². The van der Waals surface area contributed by atoms with Gasteiger partial charge in [-0.2, -0.15) is 5.06 Å². The third-order valence-electron chi connectivity index (χ3n) is 7.02. The minimum Gasteiger partial charge on any atom is -0.338 e. The molecule has 3 atom stereocenters. The largest absolute Gasteiger partial charge is 0.362 e. The molecule has 0 spiro atoms. The van der Waals surface area contributed by atoms with E-state index in [1.165, 1.54) is 0 Å². The molecule has 3 unspecified atom stereocenters. The maximum atomic E-state index is 12.5. The molecule has 1 aliphatic heterocycles. The highest BCUT2D eigenvalue weighted by atomic mass is 16.7. The number of hydrogen-bond donors (Lipinski definition) is 1. The highest BCUT2D eigenvalue weighted by Crippen LogP contribution is 2.46. The van der Waals surface area contributed by atoms with Crippen molar-refractivity contribution in [2.75, 3.05) is 0 Å². The monoisotopic (exact) mass is 436 g/mol. The highest BCUT2D eigenvalue weighted by Gasteiger charge is 2.50. The average molecular weight is 437 g/mol. The molecule has 0 saturated carbocycles. The molecule has 5 nitrogen and oxygen atoms in total. The maximum absolute atomic E-state index is 12.5. The van der Waals surface area contributed by atoms with Crippen LogP contribution in [0.4, 0.5) is 0 Å². The quantitative estimate of drug-likeness (QED) is 0.488. The fraction of sp³-hybridized carbons (Fsp3) is 0.444. The zero-order chi connectivity index (χ0) is 23.4. The Morgan fingerprint density at radius 2 is 1.62 bits per heavy atom. The van der Waals surface area contributed by atoms with Crippen LogP contribution in [0.2, 0.25) is 0 Å². The first-order valence-electron chi connectivity index (χ1n) is 11.5. The molecule has 172 valence electrons. The van der Waals surface area contributed by atoms with Gasteiger partial charge in [-0.25, -0.2) is 10.3 Å². The molecule has 0 aliphatic carbocycles. The molecule has 5 heteroatoms. The van der Waals surface area contributed by atoms with E-state index in [1.807, 2.05) is 36.4 Å². The summed E-state index contributed by atoms with van der Waals surface area (Å²) in [6, 6.07) is 19.3. The lowest BCUT2D eigenvalue weighted by Gasteiger charge is -2.55. The fourth-order valence-corrected chi connectivity index (χ4v) is 4.38. The summed E-state index contributed by atoms with van der Waals surface area (Å²) in [5.74, 6) is -0.390. The third kappa shape index (κ3) is 4.74. The van der Waals surface area contributed by atoms with E-state index in [0.717, 1.165) is 29.7 Å². The standard InChI is InChI=1S/C27H36N2O3/c1-7-26(5)19-24(28-31-25(30)23-17-13-10-14-18-23)20(3)27(6,8-2)29(26)32-21(4)22-15-11-9-12-16-22/h9-18,21,28H,7-8,19H2,1-6H3. The molecule has 1 heterocycles. The van der Waals surface area contributed by atoms with Gasteiger partial charge in [0.2, 0.25) is 0 Å². The fourth-order valence-electron chi connectivity index (χ4n) is 4.38. The van der Waals surface area contributed by atoms with E-state index in [2.05, 4.69) is 64.2 Å². The van der Waals surface area contributed by atoms with Crippen LogP contribution >= 0.6 is 0 Å². The molecule has 2 aromatic carbocycles. The second-order valence-corrected chi connectivity index (χ2v) is 9.07. The summed E-state index contributed by atoms with van der Waals surface area (Å²) in [5.41, 5.74) is 6.10. The summed E-state index contributed by atoms with van der Waals surface area (Å²) in [6.07, 6.45) is 2.35. The van der Waals surface area contributed by atoms with Crippen molar-refractivity contribution in [3.8, 4) is 0 Å². The van der Waals surface area contributed by atoms with Gasteiger partial charge < -0.3 is 4.84 Å². The van der Waals surface area contributed by atoms with Crippen LogP contribution in [0.5, 0.6) is 0 Å². The van der Waals surface area contributed by atoms with E-state index in [1.54, 1.807) is 12.1 Å². The van der Waals surface area contributed by atoms with Crippen molar-refractivity contribution in [1.82, 2.24) is 10.5 Å². The predicted octanol–water partition coefficient (Wildman–Crippen LogP) is 6.36. The van der Waals surface area contributed by atoms with E-state index in [9.17, 15) is 4.79 Å². The van der Waals surface area contributed by atoms with Gasteiger partial charge in [0, 0.05) is 12.0 Å². The zero-order valence-electron chi connectivity index (χ0n) is 20.1. The number of hydroxylamine groups is 3. The van der Waals surface area contributed by atoms with Crippen molar-refractivity contribution in [2.45, 2.75) is 78.0 Å². The SMILES string of the molecule is CCC1(C)CC(NOC(=O)c2ccccc2)=C(C)C(C)(CC)N1OC(C)c1ccccc1. The summed E-state index contributed by atoms with van der Waals surface area (Å²) < 4.78 is 0. The Balaban J connectivity index is 1.87. The van der Waals surface area contributed by atoms with Crippen LogP contribution < -0.4 is 5.48 Å². The van der Waals surface area contributed by atoms with Gasteiger partial charge in [0.05, 0.1) is 16.8 Å². The molecule has 32 heavy (non-hydrogen) atoms. The number of carbonyl (C=O) groups is 1. The highest BCUT2D eigenvalue weighted by molar-refractivity contribution is 5.89. The van der Waals surface area contributed by atoms with Crippen molar-refractivity contribution in [2.24, 2.45) is 0 Å². The molecule has 1 N–H and O–H groups in total.